The maximum Gasteiger partial charge on any atom is 0.423 e. The van der Waals surface area contributed by atoms with E-state index in [1.54, 1.807) is 24.3 Å². The quantitative estimate of drug-likeness (QED) is 0.0677. The number of phenols is 2. The predicted molar refractivity (Wildman–Crippen MR) is 202 cm³/mol. The number of ether oxygens (including phenoxy) is 2. The van der Waals surface area contributed by atoms with Gasteiger partial charge in [-0.25, -0.2) is 9.59 Å². The van der Waals surface area contributed by atoms with Gasteiger partial charge in [0.1, 0.15) is 23.0 Å². The Bertz CT molecular complexity index is 1520. The maximum absolute atomic E-state index is 13.7. The van der Waals surface area contributed by atoms with Crippen molar-refractivity contribution in [3.05, 3.63) is 94.1 Å². The Balaban J connectivity index is 1.74. The first-order chi connectivity index (χ1) is 23.8. The normalized spacial score (nSPS) is 20.4. The van der Waals surface area contributed by atoms with Crippen molar-refractivity contribution in [2.24, 2.45) is 11.8 Å². The Hall–Kier alpha value is -4.06. The number of aryl methyl sites for hydroxylation is 2. The summed E-state index contributed by atoms with van der Waals surface area (Å²) < 4.78 is 11.8. The molecule has 0 spiro atoms. The Morgan fingerprint density at radius 3 is 1.40 bits per heavy atom. The number of phenolic OH excluding ortho intramolecular Hbond substituents is 2. The molecule has 6 heteroatoms. The summed E-state index contributed by atoms with van der Waals surface area (Å²) in [5.41, 5.74) is 6.93. The standard InChI is InChI=1S/C44H58O6/c1-9-11-13-15-31-23-37(45)41(35-21-29(7)17-19-33(35)27(3)4)39(25-31)49-43(47)44(48)50-40-26-32(16-14-12-10-2)24-38(46)42(40)36-22-30(8)18-20-34(36)28(5)6/h21-26,33-36,45-46H,3,5,9-20H2,1-2,4,6-8H3/t33-,34-,35+,36+/m0/s1. The Morgan fingerprint density at radius 2 is 1.06 bits per heavy atom. The SMILES string of the molecule is C=C(C)[C@@H]1CCC(C)=C[C@H]1c1c(O)cc(CCCCC)cc1OC(=O)C(=O)Oc1cc(CCCCC)cc(O)c1[C@@H]1C=C(C)CC[C@H]1C(=C)C. The minimum Gasteiger partial charge on any atom is -0.507 e. The van der Waals surface area contributed by atoms with Gasteiger partial charge < -0.3 is 19.7 Å². The smallest absolute Gasteiger partial charge is 0.423 e. The second-order valence-corrected chi connectivity index (χ2v) is 14.8. The van der Waals surface area contributed by atoms with Crippen LogP contribution >= 0.6 is 0 Å². The third kappa shape index (κ3) is 9.58. The molecule has 0 fully saturated rings. The molecule has 50 heavy (non-hydrogen) atoms. The fourth-order valence-corrected chi connectivity index (χ4v) is 7.72. The van der Waals surface area contributed by atoms with E-state index in [2.05, 4.69) is 53.0 Å². The van der Waals surface area contributed by atoms with Crippen LogP contribution in [0.4, 0.5) is 0 Å². The number of carbonyl (C=O) groups excluding carboxylic acids is 2. The topological polar surface area (TPSA) is 93.1 Å². The van der Waals surface area contributed by atoms with E-state index in [4.69, 9.17) is 9.47 Å². The highest BCUT2D eigenvalue weighted by Gasteiger charge is 2.35. The van der Waals surface area contributed by atoms with Crippen molar-refractivity contribution >= 4 is 11.9 Å². The number of unbranched alkanes of at least 4 members (excludes halogenated alkanes) is 4. The van der Waals surface area contributed by atoms with Crippen molar-refractivity contribution in [2.75, 3.05) is 0 Å². The lowest BCUT2D eigenvalue weighted by Gasteiger charge is -2.32. The van der Waals surface area contributed by atoms with Gasteiger partial charge in [0.25, 0.3) is 0 Å². The number of allylic oxidation sites excluding steroid dienone is 6. The molecular formula is C44H58O6. The molecule has 0 aliphatic heterocycles. The van der Waals surface area contributed by atoms with Crippen molar-refractivity contribution in [3.63, 3.8) is 0 Å². The molecule has 2 aliphatic carbocycles. The highest BCUT2D eigenvalue weighted by Crippen LogP contribution is 2.49. The molecule has 0 saturated heterocycles. The van der Waals surface area contributed by atoms with Gasteiger partial charge in [0, 0.05) is 23.0 Å². The van der Waals surface area contributed by atoms with Crippen molar-refractivity contribution in [1.82, 2.24) is 0 Å². The highest BCUT2D eigenvalue weighted by atomic mass is 16.6. The van der Waals surface area contributed by atoms with Crippen molar-refractivity contribution in [2.45, 2.75) is 130 Å². The average Bonchev–Trinajstić information content (AvgIpc) is 3.04. The molecule has 4 rings (SSSR count). The minimum atomic E-state index is -1.19. The summed E-state index contributed by atoms with van der Waals surface area (Å²) in [5.74, 6) is -2.45. The van der Waals surface area contributed by atoms with E-state index in [1.807, 2.05) is 13.8 Å². The number of esters is 2. The largest absolute Gasteiger partial charge is 0.507 e. The second-order valence-electron chi connectivity index (χ2n) is 14.8. The summed E-state index contributed by atoms with van der Waals surface area (Å²) in [6, 6.07) is 7.07. The van der Waals surface area contributed by atoms with Crippen molar-refractivity contribution in [3.8, 4) is 23.0 Å². The molecule has 2 N–H and O–H groups in total. The molecule has 0 unspecified atom stereocenters. The Kier molecular flexibility index (Phi) is 13.7. The van der Waals surface area contributed by atoms with E-state index in [9.17, 15) is 19.8 Å². The first-order valence-electron chi connectivity index (χ1n) is 18.6. The molecule has 0 radical (unpaired) electrons. The molecule has 0 saturated carbocycles. The van der Waals surface area contributed by atoms with E-state index < -0.39 is 11.9 Å². The van der Waals surface area contributed by atoms with E-state index in [0.29, 0.717) is 24.0 Å². The van der Waals surface area contributed by atoms with E-state index >= 15 is 0 Å². The van der Waals surface area contributed by atoms with Crippen LogP contribution in [0.3, 0.4) is 0 Å². The Labute approximate surface area is 300 Å². The van der Waals surface area contributed by atoms with Crippen LogP contribution in [0.5, 0.6) is 23.0 Å². The summed E-state index contributed by atoms with van der Waals surface area (Å²) in [5, 5.41) is 22.9. The zero-order valence-corrected chi connectivity index (χ0v) is 31.2. The Morgan fingerprint density at radius 1 is 0.680 bits per heavy atom. The van der Waals surface area contributed by atoms with Gasteiger partial charge in [0.05, 0.1) is 0 Å². The molecule has 4 atom stereocenters. The molecule has 2 aromatic rings. The van der Waals surface area contributed by atoms with Gasteiger partial charge in [-0.2, -0.15) is 0 Å². The lowest BCUT2D eigenvalue weighted by molar-refractivity contribution is -0.156. The molecule has 6 nitrogen and oxygen atoms in total. The van der Waals surface area contributed by atoms with Gasteiger partial charge in [-0.05, 0) is 126 Å². The van der Waals surface area contributed by atoms with E-state index in [1.165, 1.54) is 11.1 Å². The lowest BCUT2D eigenvalue weighted by atomic mass is 9.73. The summed E-state index contributed by atoms with van der Waals surface area (Å²) in [6.45, 7) is 20.8. The molecule has 2 aliphatic rings. The highest BCUT2D eigenvalue weighted by molar-refractivity contribution is 6.31. The maximum atomic E-state index is 13.7. The van der Waals surface area contributed by atoms with Gasteiger partial charge >= 0.3 is 11.9 Å². The molecule has 2 aromatic carbocycles. The first-order valence-corrected chi connectivity index (χ1v) is 18.6. The minimum absolute atomic E-state index is 0.0363. The van der Waals surface area contributed by atoms with Gasteiger partial charge in [0.15, 0.2) is 0 Å². The number of hydrogen-bond acceptors (Lipinski definition) is 6. The fraction of sp³-hybridized carbons (Fsp3) is 0.500. The first kappa shape index (κ1) is 38.7. The van der Waals surface area contributed by atoms with Crippen LogP contribution in [0.25, 0.3) is 0 Å². The van der Waals surface area contributed by atoms with Crippen LogP contribution in [0.1, 0.15) is 140 Å². The van der Waals surface area contributed by atoms with Crippen molar-refractivity contribution < 1.29 is 29.3 Å². The zero-order chi connectivity index (χ0) is 36.5. The number of hydrogen-bond donors (Lipinski definition) is 2. The van der Waals surface area contributed by atoms with Crippen LogP contribution in [0.15, 0.2) is 71.9 Å². The fourth-order valence-electron chi connectivity index (χ4n) is 7.72. The summed E-state index contributed by atoms with van der Waals surface area (Å²) in [4.78, 5) is 27.4. The molecule has 0 bridgehead atoms. The van der Waals surface area contributed by atoms with Crippen molar-refractivity contribution in [1.29, 1.82) is 0 Å². The number of aromatic hydroxyl groups is 2. The average molecular weight is 683 g/mol. The molecular weight excluding hydrogens is 624 g/mol. The van der Waals surface area contributed by atoms with Crippen LogP contribution in [-0.2, 0) is 22.4 Å². The van der Waals surface area contributed by atoms with Crippen LogP contribution in [0, 0.1) is 11.8 Å². The third-order valence-corrected chi connectivity index (χ3v) is 10.5. The van der Waals surface area contributed by atoms with Gasteiger partial charge in [-0.1, -0.05) is 87.1 Å². The lowest BCUT2D eigenvalue weighted by Crippen LogP contribution is -2.28. The number of rotatable bonds is 14. The molecule has 270 valence electrons. The molecule has 0 heterocycles. The van der Waals surface area contributed by atoms with Gasteiger partial charge in [0.2, 0.25) is 0 Å². The predicted octanol–water partition coefficient (Wildman–Crippen LogP) is 11.1. The van der Waals surface area contributed by atoms with Gasteiger partial charge in [-0.15, -0.1) is 0 Å². The second kappa shape index (κ2) is 17.7. The molecule has 0 aromatic heterocycles. The summed E-state index contributed by atoms with van der Waals surface area (Å²) >= 11 is 0. The van der Waals surface area contributed by atoms with Gasteiger partial charge in [-0.3, -0.25) is 0 Å². The monoisotopic (exact) mass is 682 g/mol. The molecule has 0 amide bonds. The summed E-state index contributed by atoms with van der Waals surface area (Å²) in [7, 11) is 0. The van der Waals surface area contributed by atoms with Crippen LogP contribution < -0.4 is 9.47 Å². The zero-order valence-electron chi connectivity index (χ0n) is 31.2. The number of benzene rings is 2. The third-order valence-electron chi connectivity index (χ3n) is 10.5. The number of carbonyl (C=O) groups is 2. The van der Waals surface area contributed by atoms with Crippen LogP contribution in [0.2, 0.25) is 0 Å². The van der Waals surface area contributed by atoms with Crippen LogP contribution in [-0.4, -0.2) is 22.2 Å². The van der Waals surface area contributed by atoms with E-state index in [0.717, 1.165) is 86.5 Å². The van der Waals surface area contributed by atoms with E-state index in [-0.39, 0.29) is 46.7 Å². The summed E-state index contributed by atoms with van der Waals surface area (Å²) in [6.07, 6.45) is 15.2.